The molecular formula is C14H17N2O2S+. The van der Waals surface area contributed by atoms with E-state index in [1.165, 1.54) is 0 Å². The van der Waals surface area contributed by atoms with Gasteiger partial charge in [-0.05, 0) is 37.1 Å². The van der Waals surface area contributed by atoms with Crippen molar-refractivity contribution in [2.45, 2.75) is 25.3 Å². The van der Waals surface area contributed by atoms with Crippen molar-refractivity contribution in [3.05, 3.63) is 59.4 Å². The fourth-order valence-electron chi connectivity index (χ4n) is 1.79. The maximum atomic E-state index is 12.3. The Morgan fingerprint density at radius 3 is 2.68 bits per heavy atom. The number of hydrogen-bond acceptors (Lipinski definition) is 2. The van der Waals surface area contributed by atoms with Crippen molar-refractivity contribution in [2.75, 3.05) is 0 Å². The van der Waals surface area contributed by atoms with Crippen molar-refractivity contribution in [1.82, 2.24) is 4.72 Å². The molecule has 2 aromatic rings. The molecule has 1 aromatic heterocycles. The van der Waals surface area contributed by atoms with Gasteiger partial charge in [0.05, 0.1) is 4.90 Å². The normalized spacial score (nSPS) is 11.5. The number of nitrogens with one attached hydrogen (secondary N) is 2. The van der Waals surface area contributed by atoms with Gasteiger partial charge < -0.3 is 0 Å². The molecule has 0 amide bonds. The van der Waals surface area contributed by atoms with E-state index in [0.717, 1.165) is 16.7 Å². The topological polar surface area (TPSA) is 60.3 Å². The molecule has 0 spiro atoms. The van der Waals surface area contributed by atoms with Crippen LogP contribution in [0.2, 0.25) is 0 Å². The first-order chi connectivity index (χ1) is 8.99. The second-order valence-electron chi connectivity index (χ2n) is 4.51. The van der Waals surface area contributed by atoms with Crippen molar-refractivity contribution in [3.8, 4) is 0 Å². The molecule has 0 aliphatic heterocycles. The molecule has 1 heterocycles. The molecule has 4 nitrogen and oxygen atoms in total. The summed E-state index contributed by atoms with van der Waals surface area (Å²) in [7, 11) is -3.48. The van der Waals surface area contributed by atoms with Gasteiger partial charge in [-0.15, -0.1) is 0 Å². The number of aryl methyl sites for hydroxylation is 2. The van der Waals surface area contributed by atoms with E-state index < -0.39 is 10.0 Å². The molecule has 0 atom stereocenters. The fourth-order valence-corrected chi connectivity index (χ4v) is 3.14. The van der Waals surface area contributed by atoms with Gasteiger partial charge in [0.15, 0.2) is 12.4 Å². The van der Waals surface area contributed by atoms with E-state index in [0.29, 0.717) is 4.90 Å². The van der Waals surface area contributed by atoms with Crippen LogP contribution in [0, 0.1) is 13.8 Å². The summed E-state index contributed by atoms with van der Waals surface area (Å²) in [6.45, 7) is 3.95. The van der Waals surface area contributed by atoms with Crippen LogP contribution < -0.4 is 9.71 Å². The molecule has 5 heteroatoms. The molecule has 0 saturated carbocycles. The van der Waals surface area contributed by atoms with Crippen LogP contribution in [0.3, 0.4) is 0 Å². The van der Waals surface area contributed by atoms with E-state index in [-0.39, 0.29) is 6.54 Å². The van der Waals surface area contributed by atoms with E-state index in [4.69, 9.17) is 0 Å². The Hall–Kier alpha value is -1.72. The number of sulfonamides is 1. The second-order valence-corrected chi connectivity index (χ2v) is 6.24. The molecule has 0 radical (unpaired) electrons. The minimum Gasteiger partial charge on any atom is -0.218 e. The van der Waals surface area contributed by atoms with Crippen molar-refractivity contribution in [3.63, 3.8) is 0 Å². The molecule has 0 unspecified atom stereocenters. The number of benzene rings is 1. The first-order valence-corrected chi connectivity index (χ1v) is 7.49. The van der Waals surface area contributed by atoms with Crippen molar-refractivity contribution < 1.29 is 13.4 Å². The Kier molecular flexibility index (Phi) is 3.97. The number of pyridine rings is 1. The first kappa shape index (κ1) is 13.7. The number of H-pyrrole nitrogens is 1. The standard InChI is InChI=1S/C14H16N2O2S/c1-11-5-6-12(2)14(8-11)19(17,18)16-10-13-4-3-7-15-9-13/h3-9,16H,10H2,1-2H3/p+1. The van der Waals surface area contributed by atoms with Gasteiger partial charge in [0, 0.05) is 18.2 Å². The van der Waals surface area contributed by atoms with E-state index >= 15 is 0 Å². The number of aromatic nitrogens is 1. The van der Waals surface area contributed by atoms with Crippen LogP contribution in [0.4, 0.5) is 0 Å². The first-order valence-electron chi connectivity index (χ1n) is 6.01. The maximum Gasteiger partial charge on any atom is 0.241 e. The van der Waals surface area contributed by atoms with Crippen LogP contribution >= 0.6 is 0 Å². The highest BCUT2D eigenvalue weighted by molar-refractivity contribution is 7.89. The minimum atomic E-state index is -3.48. The number of aromatic amines is 1. The van der Waals surface area contributed by atoms with Gasteiger partial charge in [0.1, 0.15) is 0 Å². The fraction of sp³-hybridized carbons (Fsp3) is 0.214. The zero-order valence-corrected chi connectivity index (χ0v) is 11.8. The lowest BCUT2D eigenvalue weighted by Crippen LogP contribution is -2.24. The summed E-state index contributed by atoms with van der Waals surface area (Å²) >= 11 is 0. The highest BCUT2D eigenvalue weighted by Crippen LogP contribution is 2.16. The molecule has 0 fully saturated rings. The second kappa shape index (κ2) is 5.50. The number of hydrogen-bond donors (Lipinski definition) is 1. The zero-order valence-electron chi connectivity index (χ0n) is 11.0. The van der Waals surface area contributed by atoms with Crippen molar-refractivity contribution >= 4 is 10.0 Å². The Morgan fingerprint density at radius 2 is 2.00 bits per heavy atom. The quantitative estimate of drug-likeness (QED) is 0.922. The van der Waals surface area contributed by atoms with Crippen LogP contribution in [0.15, 0.2) is 47.6 Å². The molecule has 2 rings (SSSR count). The van der Waals surface area contributed by atoms with E-state index in [9.17, 15) is 8.42 Å². The SMILES string of the molecule is Cc1ccc(C)c(S(=O)(=O)NCc2ccc[nH+]c2)c1. The third kappa shape index (κ3) is 3.39. The lowest BCUT2D eigenvalue weighted by molar-refractivity contribution is -0.378. The van der Waals surface area contributed by atoms with Gasteiger partial charge in [-0.25, -0.2) is 18.1 Å². The molecule has 0 bridgehead atoms. The summed E-state index contributed by atoms with van der Waals surface area (Å²) in [6.07, 6.45) is 3.55. The van der Waals surface area contributed by atoms with E-state index in [2.05, 4.69) is 9.71 Å². The summed E-state index contributed by atoms with van der Waals surface area (Å²) in [4.78, 5) is 3.26. The lowest BCUT2D eigenvalue weighted by Gasteiger charge is -2.09. The minimum absolute atomic E-state index is 0.271. The summed E-state index contributed by atoms with van der Waals surface area (Å²) in [6, 6.07) is 9.11. The number of rotatable bonds is 4. The molecule has 0 aliphatic rings. The summed E-state index contributed by atoms with van der Waals surface area (Å²) in [5, 5.41) is 0. The zero-order chi connectivity index (χ0) is 13.9. The molecule has 0 saturated heterocycles. The third-order valence-electron chi connectivity index (χ3n) is 2.87. The van der Waals surface area contributed by atoms with Gasteiger partial charge >= 0.3 is 0 Å². The Morgan fingerprint density at radius 1 is 1.21 bits per heavy atom. The van der Waals surface area contributed by atoms with Crippen LogP contribution in [0.25, 0.3) is 0 Å². The average molecular weight is 277 g/mol. The summed E-state index contributed by atoms with van der Waals surface area (Å²) < 4.78 is 27.1. The highest BCUT2D eigenvalue weighted by Gasteiger charge is 2.16. The average Bonchev–Trinajstić information content (AvgIpc) is 2.40. The van der Waals surface area contributed by atoms with Gasteiger partial charge in [-0.1, -0.05) is 12.1 Å². The molecule has 0 aliphatic carbocycles. The molecule has 1 aromatic carbocycles. The molecule has 2 N–H and O–H groups in total. The van der Waals surface area contributed by atoms with Crippen molar-refractivity contribution in [1.29, 1.82) is 0 Å². The highest BCUT2D eigenvalue weighted by atomic mass is 32.2. The largest absolute Gasteiger partial charge is 0.241 e. The maximum absolute atomic E-state index is 12.3. The van der Waals surface area contributed by atoms with Crippen LogP contribution in [-0.4, -0.2) is 8.42 Å². The monoisotopic (exact) mass is 277 g/mol. The predicted molar refractivity (Wildman–Crippen MR) is 72.9 cm³/mol. The summed E-state index contributed by atoms with van der Waals surface area (Å²) in [5.41, 5.74) is 2.56. The summed E-state index contributed by atoms with van der Waals surface area (Å²) in [5.74, 6) is 0. The lowest BCUT2D eigenvalue weighted by atomic mass is 10.2. The Balaban J connectivity index is 2.21. The molecule has 100 valence electrons. The van der Waals surface area contributed by atoms with Gasteiger partial charge in [0.25, 0.3) is 0 Å². The van der Waals surface area contributed by atoms with Crippen LogP contribution in [0.5, 0.6) is 0 Å². The van der Waals surface area contributed by atoms with Gasteiger partial charge in [0.2, 0.25) is 10.0 Å². The van der Waals surface area contributed by atoms with Crippen molar-refractivity contribution in [2.24, 2.45) is 0 Å². The predicted octanol–water partition coefficient (Wildman–Crippen LogP) is 1.60. The molecular weight excluding hydrogens is 260 g/mol. The Bertz CT molecular complexity index is 667. The molecule has 19 heavy (non-hydrogen) atoms. The smallest absolute Gasteiger partial charge is 0.218 e. The van der Waals surface area contributed by atoms with Crippen LogP contribution in [-0.2, 0) is 16.6 Å². The van der Waals surface area contributed by atoms with Gasteiger partial charge in [-0.2, -0.15) is 0 Å². The van der Waals surface area contributed by atoms with Crippen LogP contribution in [0.1, 0.15) is 16.7 Å². The van der Waals surface area contributed by atoms with Gasteiger partial charge in [-0.3, -0.25) is 0 Å². The van der Waals surface area contributed by atoms with E-state index in [1.54, 1.807) is 25.4 Å². The Labute approximate surface area is 113 Å². The van der Waals surface area contributed by atoms with E-state index in [1.807, 2.05) is 31.2 Å². The third-order valence-corrected chi connectivity index (χ3v) is 4.41.